The number of piperidine rings is 1. The summed E-state index contributed by atoms with van der Waals surface area (Å²) in [7, 11) is -0.218. The van der Waals surface area contributed by atoms with Crippen LogP contribution in [0.2, 0.25) is 0 Å². The molecule has 0 saturated carbocycles. The highest BCUT2D eigenvalue weighted by Gasteiger charge is 2.32. The van der Waals surface area contributed by atoms with Crippen molar-refractivity contribution in [3.05, 3.63) is 30.3 Å². The van der Waals surface area contributed by atoms with E-state index in [2.05, 4.69) is 11.9 Å². The second-order valence-corrected chi connectivity index (χ2v) is 9.90. The van der Waals surface area contributed by atoms with Crippen LogP contribution in [0.1, 0.15) is 12.8 Å². The highest BCUT2D eigenvalue weighted by Crippen LogP contribution is 2.21. The first kappa shape index (κ1) is 21.7. The fourth-order valence-corrected chi connectivity index (χ4v) is 4.95. The molecule has 0 unspecified atom stereocenters. The highest BCUT2D eigenvalue weighted by molar-refractivity contribution is 7.89. The Morgan fingerprint density at radius 1 is 0.966 bits per heavy atom. The molecule has 3 rings (SSSR count). The third-order valence-electron chi connectivity index (χ3n) is 5.82. The number of rotatable bonds is 5. The Bertz CT molecular complexity index is 814. The lowest BCUT2D eigenvalue weighted by Gasteiger charge is -2.37. The Morgan fingerprint density at radius 2 is 1.55 bits per heavy atom. The summed E-state index contributed by atoms with van der Waals surface area (Å²) >= 11 is 0. The van der Waals surface area contributed by atoms with E-state index in [-0.39, 0.29) is 29.2 Å². The molecule has 2 aliphatic heterocycles. The summed E-state index contributed by atoms with van der Waals surface area (Å²) in [5, 5.41) is 0. The number of sulfonamides is 1. The summed E-state index contributed by atoms with van der Waals surface area (Å²) in [6.07, 6.45) is 1.26. The predicted molar refractivity (Wildman–Crippen MR) is 110 cm³/mol. The van der Waals surface area contributed by atoms with Crippen LogP contribution in [0.5, 0.6) is 0 Å². The number of benzene rings is 1. The van der Waals surface area contributed by atoms with Crippen LogP contribution < -0.4 is 0 Å². The average molecular weight is 423 g/mol. The summed E-state index contributed by atoms with van der Waals surface area (Å²) in [6, 6.07) is 8.10. The molecule has 0 atom stereocenters. The van der Waals surface area contributed by atoms with Gasteiger partial charge < -0.3 is 14.7 Å². The zero-order valence-corrected chi connectivity index (χ0v) is 18.0. The molecule has 2 amide bonds. The minimum absolute atomic E-state index is 0.0479. The SMILES string of the molecule is CN1CCN(C(=O)C2CCN(C(=O)CN(C)S(=O)(=O)c3ccccc3)CC2)CC1. The zero-order chi connectivity index (χ0) is 21.0. The molecule has 2 fully saturated rings. The first-order valence-corrected chi connectivity index (χ1v) is 11.5. The standard InChI is InChI=1S/C20H30N4O4S/c1-21-12-14-24(15-13-21)20(26)17-8-10-23(11-9-17)19(25)16-22(2)29(27,28)18-6-4-3-5-7-18/h3-7,17H,8-16H2,1-2H3. The van der Waals surface area contributed by atoms with Crippen LogP contribution in [0.25, 0.3) is 0 Å². The van der Waals surface area contributed by atoms with Crippen LogP contribution >= 0.6 is 0 Å². The quantitative estimate of drug-likeness (QED) is 0.683. The van der Waals surface area contributed by atoms with Gasteiger partial charge in [-0.2, -0.15) is 4.31 Å². The molecule has 0 N–H and O–H groups in total. The van der Waals surface area contributed by atoms with Gasteiger partial charge in [0, 0.05) is 52.2 Å². The van der Waals surface area contributed by atoms with Crippen LogP contribution in [0.3, 0.4) is 0 Å². The first-order valence-electron chi connectivity index (χ1n) is 10.1. The number of carbonyl (C=O) groups excluding carboxylic acids is 2. The Balaban J connectivity index is 1.50. The van der Waals surface area contributed by atoms with Crippen molar-refractivity contribution < 1.29 is 18.0 Å². The van der Waals surface area contributed by atoms with E-state index in [1.165, 1.54) is 19.2 Å². The largest absolute Gasteiger partial charge is 0.342 e. The molecule has 0 bridgehead atoms. The Labute approximate surface area is 173 Å². The minimum atomic E-state index is -3.69. The lowest BCUT2D eigenvalue weighted by atomic mass is 9.95. The van der Waals surface area contributed by atoms with Gasteiger partial charge in [-0.3, -0.25) is 9.59 Å². The van der Waals surface area contributed by atoms with Crippen molar-refractivity contribution in [2.45, 2.75) is 17.7 Å². The summed E-state index contributed by atoms with van der Waals surface area (Å²) in [6.45, 7) is 4.09. The van der Waals surface area contributed by atoms with Gasteiger partial charge in [-0.1, -0.05) is 18.2 Å². The van der Waals surface area contributed by atoms with Crippen LogP contribution in [0.15, 0.2) is 35.2 Å². The lowest BCUT2D eigenvalue weighted by Crippen LogP contribution is -2.51. The smallest absolute Gasteiger partial charge is 0.243 e. The van der Waals surface area contributed by atoms with Crippen molar-refractivity contribution in [2.75, 3.05) is 59.9 Å². The number of nitrogens with zero attached hydrogens (tertiary/aromatic N) is 4. The molecular formula is C20H30N4O4S. The molecule has 0 spiro atoms. The molecule has 0 aromatic heterocycles. The van der Waals surface area contributed by atoms with Crippen LogP contribution in [0.4, 0.5) is 0 Å². The first-order chi connectivity index (χ1) is 13.8. The van der Waals surface area contributed by atoms with Crippen molar-refractivity contribution in [3.8, 4) is 0 Å². The molecule has 1 aromatic rings. The van der Waals surface area contributed by atoms with E-state index < -0.39 is 10.0 Å². The maximum Gasteiger partial charge on any atom is 0.243 e. The molecule has 2 heterocycles. The Kier molecular flexibility index (Phi) is 6.92. The van der Waals surface area contributed by atoms with Gasteiger partial charge in [0.2, 0.25) is 21.8 Å². The van der Waals surface area contributed by atoms with E-state index in [9.17, 15) is 18.0 Å². The minimum Gasteiger partial charge on any atom is -0.342 e. The van der Waals surface area contributed by atoms with E-state index in [1.807, 2.05) is 4.90 Å². The third kappa shape index (κ3) is 5.15. The normalized spacial score (nSPS) is 19.6. The second kappa shape index (κ2) is 9.23. The summed E-state index contributed by atoms with van der Waals surface area (Å²) in [5.74, 6) is -0.0836. The van der Waals surface area contributed by atoms with Gasteiger partial charge in [-0.05, 0) is 32.0 Å². The molecule has 8 nitrogen and oxygen atoms in total. The zero-order valence-electron chi connectivity index (χ0n) is 17.2. The molecule has 1 aromatic carbocycles. The number of likely N-dealkylation sites (tertiary alicyclic amines) is 1. The molecule has 2 saturated heterocycles. The monoisotopic (exact) mass is 422 g/mol. The molecular weight excluding hydrogens is 392 g/mol. The number of likely N-dealkylation sites (N-methyl/N-ethyl adjacent to an activating group) is 2. The molecule has 29 heavy (non-hydrogen) atoms. The van der Waals surface area contributed by atoms with Gasteiger partial charge in [0.05, 0.1) is 11.4 Å². The third-order valence-corrected chi connectivity index (χ3v) is 7.64. The Hall–Kier alpha value is -1.97. The molecule has 2 aliphatic rings. The fourth-order valence-electron chi connectivity index (χ4n) is 3.81. The number of amides is 2. The van der Waals surface area contributed by atoms with Crippen molar-refractivity contribution in [1.82, 2.24) is 19.0 Å². The molecule has 0 aliphatic carbocycles. The number of piperazine rings is 1. The molecule has 160 valence electrons. The van der Waals surface area contributed by atoms with Crippen LogP contribution in [0, 0.1) is 5.92 Å². The molecule has 0 radical (unpaired) electrons. The van der Waals surface area contributed by atoms with Crippen molar-refractivity contribution in [3.63, 3.8) is 0 Å². The van der Waals surface area contributed by atoms with E-state index in [4.69, 9.17) is 0 Å². The van der Waals surface area contributed by atoms with E-state index in [0.717, 1.165) is 30.5 Å². The van der Waals surface area contributed by atoms with Gasteiger partial charge >= 0.3 is 0 Å². The summed E-state index contributed by atoms with van der Waals surface area (Å²) in [5.41, 5.74) is 0. The lowest BCUT2D eigenvalue weighted by molar-refractivity contribution is -0.141. The number of hydrogen-bond donors (Lipinski definition) is 0. The van der Waals surface area contributed by atoms with Crippen molar-refractivity contribution in [2.24, 2.45) is 5.92 Å². The van der Waals surface area contributed by atoms with Crippen LogP contribution in [-0.2, 0) is 19.6 Å². The van der Waals surface area contributed by atoms with Gasteiger partial charge in [0.1, 0.15) is 0 Å². The maximum absolute atomic E-state index is 12.7. The van der Waals surface area contributed by atoms with E-state index in [0.29, 0.717) is 25.9 Å². The van der Waals surface area contributed by atoms with Crippen molar-refractivity contribution in [1.29, 1.82) is 0 Å². The van der Waals surface area contributed by atoms with Gasteiger partial charge in [0.15, 0.2) is 0 Å². The van der Waals surface area contributed by atoms with Gasteiger partial charge in [-0.25, -0.2) is 8.42 Å². The molecule has 9 heteroatoms. The second-order valence-electron chi connectivity index (χ2n) is 7.86. The van der Waals surface area contributed by atoms with Crippen LogP contribution in [-0.4, -0.2) is 99.1 Å². The fraction of sp³-hybridized carbons (Fsp3) is 0.600. The van der Waals surface area contributed by atoms with E-state index >= 15 is 0 Å². The average Bonchev–Trinajstić information content (AvgIpc) is 2.74. The summed E-state index contributed by atoms with van der Waals surface area (Å²) < 4.78 is 26.3. The highest BCUT2D eigenvalue weighted by atomic mass is 32.2. The van der Waals surface area contributed by atoms with E-state index in [1.54, 1.807) is 23.1 Å². The van der Waals surface area contributed by atoms with Crippen molar-refractivity contribution >= 4 is 21.8 Å². The topological polar surface area (TPSA) is 81.2 Å². The van der Waals surface area contributed by atoms with Gasteiger partial charge in [-0.15, -0.1) is 0 Å². The predicted octanol–water partition coefficient (Wildman–Crippen LogP) is 0.320. The van der Waals surface area contributed by atoms with Gasteiger partial charge in [0.25, 0.3) is 0 Å². The maximum atomic E-state index is 12.7. The Morgan fingerprint density at radius 3 is 2.14 bits per heavy atom. The number of hydrogen-bond acceptors (Lipinski definition) is 5. The number of carbonyl (C=O) groups is 2. The summed E-state index contributed by atoms with van der Waals surface area (Å²) in [4.78, 5) is 31.3.